The van der Waals surface area contributed by atoms with Gasteiger partial charge in [0.15, 0.2) is 0 Å². The molecule has 1 aromatic heterocycles. The van der Waals surface area contributed by atoms with Gasteiger partial charge in [-0.1, -0.05) is 170 Å². The van der Waals surface area contributed by atoms with Crippen molar-refractivity contribution in [1.29, 1.82) is 0 Å². The minimum Gasteiger partial charge on any atom is -0.328 e. The first-order valence-corrected chi connectivity index (χ1v) is 22.1. The van der Waals surface area contributed by atoms with Crippen LogP contribution in [0.5, 0.6) is 0 Å². The number of allylic oxidation sites excluding steroid dienone is 3. The second kappa shape index (κ2) is 14.5. The van der Waals surface area contributed by atoms with Gasteiger partial charge in [0.05, 0.1) is 5.54 Å². The van der Waals surface area contributed by atoms with E-state index >= 15 is 0 Å². The largest absolute Gasteiger partial charge is 0.328 e. The zero-order chi connectivity index (χ0) is 40.3. The quantitative estimate of drug-likeness (QED) is 0.152. The number of nitrogens with zero attached hydrogens (tertiary/aromatic N) is 1. The first kappa shape index (κ1) is 35.7. The summed E-state index contributed by atoms with van der Waals surface area (Å²) in [6, 6.07) is 74.7. The van der Waals surface area contributed by atoms with Gasteiger partial charge in [0.2, 0.25) is 0 Å². The van der Waals surface area contributed by atoms with E-state index in [-0.39, 0.29) is 0 Å². The molecule has 12 rings (SSSR count). The van der Waals surface area contributed by atoms with Crippen LogP contribution >= 0.6 is 11.3 Å². The highest BCUT2D eigenvalue weighted by molar-refractivity contribution is 7.25. The van der Waals surface area contributed by atoms with Crippen molar-refractivity contribution in [2.75, 3.05) is 4.90 Å². The Hall–Kier alpha value is -7.26. The maximum absolute atomic E-state index is 2.64. The maximum Gasteiger partial charge on any atom is 0.0898 e. The van der Waals surface area contributed by atoms with E-state index in [1.165, 1.54) is 91.1 Å². The van der Waals surface area contributed by atoms with Crippen molar-refractivity contribution in [3.05, 3.63) is 230 Å². The van der Waals surface area contributed by atoms with Crippen molar-refractivity contribution < 1.29 is 0 Å². The molecule has 1 aliphatic rings. The Labute approximate surface area is 359 Å². The fourth-order valence-electron chi connectivity index (χ4n) is 10.1. The van der Waals surface area contributed by atoms with Crippen LogP contribution in [-0.4, -0.2) is 0 Å². The normalized spacial score (nSPS) is 15.3. The zero-order valence-electron chi connectivity index (χ0n) is 33.6. The second-order valence-corrected chi connectivity index (χ2v) is 17.5. The van der Waals surface area contributed by atoms with Crippen LogP contribution in [0.4, 0.5) is 11.4 Å². The average molecular weight is 796 g/mol. The van der Waals surface area contributed by atoms with Crippen molar-refractivity contribution in [3.63, 3.8) is 0 Å². The molecule has 0 radical (unpaired) electrons. The van der Waals surface area contributed by atoms with Gasteiger partial charge in [-0.15, -0.1) is 11.3 Å². The Bertz CT molecular complexity index is 3550. The van der Waals surface area contributed by atoms with E-state index in [2.05, 4.69) is 229 Å². The van der Waals surface area contributed by atoms with E-state index in [1.54, 1.807) is 0 Å². The SMILES string of the molecule is C1=CCCC(c2cc3ccccc3c3ccccc23)(N(c2ccc(-c3ccc4sc5ccccc5c4c3)cc2)c2cccc(-c3cc4ccccc4c4ccccc34)c2)C=C1. The molecule has 1 unspecified atom stereocenters. The standard InChI is InChI=1S/C59H41NS/c1-2-14-35-59(34-13-1,56-39-44-17-4-6-21-48(44)50-23-9-10-25-52(50)56)60(45-31-28-40(29-32-45)41-30-33-58-55(37-41)53-26-11-12-27-57(53)61-58)46-19-15-18-42(36-46)54-38-43-16-3-5-20-47(43)49-22-7-8-24-51(49)54/h1-13,15-34,36-39H,14,35H2. The van der Waals surface area contributed by atoms with Gasteiger partial charge in [0.1, 0.15) is 0 Å². The van der Waals surface area contributed by atoms with Crippen LogP contribution in [0, 0.1) is 0 Å². The van der Waals surface area contributed by atoms with Crippen molar-refractivity contribution >= 4 is 86.0 Å². The maximum atomic E-state index is 2.64. The first-order valence-electron chi connectivity index (χ1n) is 21.3. The molecule has 0 N–H and O–H groups in total. The number of fused-ring (bicyclic) bond motifs is 9. The molecular formula is C59H41NS. The molecule has 1 atom stereocenters. The topological polar surface area (TPSA) is 3.24 Å². The number of thiophene rings is 1. The van der Waals surface area contributed by atoms with E-state index in [4.69, 9.17) is 0 Å². The summed E-state index contributed by atoms with van der Waals surface area (Å²) in [4.78, 5) is 2.64. The summed E-state index contributed by atoms with van der Waals surface area (Å²) >= 11 is 1.87. The molecule has 11 aromatic rings. The molecular weight excluding hydrogens is 755 g/mol. The van der Waals surface area contributed by atoms with Crippen LogP contribution < -0.4 is 4.90 Å². The van der Waals surface area contributed by atoms with Crippen LogP contribution in [0.2, 0.25) is 0 Å². The lowest BCUT2D eigenvalue weighted by atomic mass is 9.78. The van der Waals surface area contributed by atoms with Gasteiger partial charge in [0.25, 0.3) is 0 Å². The van der Waals surface area contributed by atoms with Crippen molar-refractivity contribution in [3.8, 4) is 22.3 Å². The molecule has 1 aliphatic carbocycles. The molecule has 0 saturated heterocycles. The van der Waals surface area contributed by atoms with E-state index in [1.807, 2.05) is 11.3 Å². The summed E-state index contributed by atoms with van der Waals surface area (Å²) < 4.78 is 2.65. The van der Waals surface area contributed by atoms with Crippen LogP contribution in [0.1, 0.15) is 18.4 Å². The molecule has 0 fully saturated rings. The molecule has 0 bridgehead atoms. The summed E-state index contributed by atoms with van der Waals surface area (Å²) in [5.41, 5.74) is 7.95. The highest BCUT2D eigenvalue weighted by Crippen LogP contribution is 2.49. The summed E-state index contributed by atoms with van der Waals surface area (Å²) in [5.74, 6) is 0. The molecule has 0 amide bonds. The summed E-state index contributed by atoms with van der Waals surface area (Å²) in [6.45, 7) is 0. The van der Waals surface area contributed by atoms with Gasteiger partial charge >= 0.3 is 0 Å². The fourth-order valence-corrected chi connectivity index (χ4v) is 11.2. The molecule has 1 heterocycles. The first-order chi connectivity index (χ1) is 30.2. The van der Waals surface area contributed by atoms with Crippen LogP contribution in [0.15, 0.2) is 224 Å². The third-order valence-corrected chi connectivity index (χ3v) is 14.1. The fraction of sp³-hybridized carbons (Fsp3) is 0.0508. The van der Waals surface area contributed by atoms with Gasteiger partial charge in [-0.25, -0.2) is 0 Å². The Kier molecular flexibility index (Phi) is 8.47. The molecule has 10 aromatic carbocycles. The van der Waals surface area contributed by atoms with Gasteiger partial charge < -0.3 is 4.90 Å². The molecule has 2 heteroatoms. The predicted octanol–water partition coefficient (Wildman–Crippen LogP) is 16.9. The lowest BCUT2D eigenvalue weighted by Crippen LogP contribution is -2.42. The third-order valence-electron chi connectivity index (χ3n) is 13.0. The molecule has 61 heavy (non-hydrogen) atoms. The van der Waals surface area contributed by atoms with Crippen molar-refractivity contribution in [1.82, 2.24) is 0 Å². The summed E-state index contributed by atoms with van der Waals surface area (Å²) in [7, 11) is 0. The van der Waals surface area contributed by atoms with Crippen LogP contribution in [0.25, 0.3) is 85.5 Å². The van der Waals surface area contributed by atoms with Gasteiger partial charge in [-0.3, -0.25) is 0 Å². The Balaban J connectivity index is 1.09. The summed E-state index contributed by atoms with van der Waals surface area (Å²) in [6.07, 6.45) is 11.1. The van der Waals surface area contributed by atoms with Gasteiger partial charge in [-0.2, -0.15) is 0 Å². The van der Waals surface area contributed by atoms with E-state index in [9.17, 15) is 0 Å². The number of anilines is 2. The minimum absolute atomic E-state index is 0.534. The minimum atomic E-state index is -0.534. The smallest absolute Gasteiger partial charge is 0.0898 e. The second-order valence-electron chi connectivity index (χ2n) is 16.4. The molecule has 0 aliphatic heterocycles. The average Bonchev–Trinajstić information content (AvgIpc) is 3.52. The predicted molar refractivity (Wildman–Crippen MR) is 264 cm³/mol. The third kappa shape index (κ3) is 5.90. The summed E-state index contributed by atoms with van der Waals surface area (Å²) in [5, 5.41) is 12.8. The highest BCUT2D eigenvalue weighted by atomic mass is 32.1. The molecule has 0 spiro atoms. The van der Waals surface area contributed by atoms with E-state index < -0.39 is 5.54 Å². The number of hydrogen-bond donors (Lipinski definition) is 0. The number of rotatable bonds is 6. The van der Waals surface area contributed by atoms with Crippen LogP contribution in [0.3, 0.4) is 0 Å². The van der Waals surface area contributed by atoms with Crippen molar-refractivity contribution in [2.45, 2.75) is 18.4 Å². The lowest BCUT2D eigenvalue weighted by Gasteiger charge is -2.45. The number of benzene rings is 10. The van der Waals surface area contributed by atoms with E-state index in [0.29, 0.717) is 0 Å². The van der Waals surface area contributed by atoms with Gasteiger partial charge in [-0.05, 0) is 138 Å². The lowest BCUT2D eigenvalue weighted by molar-refractivity contribution is 0.510. The Morgan fingerprint density at radius 3 is 1.80 bits per heavy atom. The number of hydrogen-bond acceptors (Lipinski definition) is 2. The van der Waals surface area contributed by atoms with Crippen molar-refractivity contribution in [2.24, 2.45) is 0 Å². The molecule has 288 valence electrons. The Morgan fingerprint density at radius 2 is 1.02 bits per heavy atom. The monoisotopic (exact) mass is 795 g/mol. The van der Waals surface area contributed by atoms with E-state index in [0.717, 1.165) is 24.2 Å². The zero-order valence-corrected chi connectivity index (χ0v) is 34.4. The van der Waals surface area contributed by atoms with Gasteiger partial charge in [0, 0.05) is 31.5 Å². The Morgan fingerprint density at radius 1 is 0.393 bits per heavy atom. The van der Waals surface area contributed by atoms with Crippen LogP contribution in [-0.2, 0) is 5.54 Å². The molecule has 0 saturated carbocycles. The molecule has 1 nitrogen and oxygen atoms in total. The highest BCUT2D eigenvalue weighted by Gasteiger charge is 2.39.